The second kappa shape index (κ2) is 25.6. The second-order valence-corrected chi connectivity index (χ2v) is 17.0. The van der Waals surface area contributed by atoms with Crippen LogP contribution in [0.1, 0.15) is 49.1 Å². The molecule has 374 valence electrons. The molecule has 9 unspecified atom stereocenters. The summed E-state index contributed by atoms with van der Waals surface area (Å²) in [7, 11) is 0. The molecule has 1 aliphatic heterocycles. The first-order chi connectivity index (χ1) is 33.4. The number of likely N-dealkylation sites (tertiary alicyclic amines) is 1. The van der Waals surface area contributed by atoms with Crippen molar-refractivity contribution in [3.8, 4) is 5.75 Å². The Balaban J connectivity index is 1.40. The predicted octanol–water partition coefficient (Wildman–Crippen LogP) is -1.91. The number of imidazole rings is 1. The zero-order valence-corrected chi connectivity index (χ0v) is 38.6. The van der Waals surface area contributed by atoms with Crippen LogP contribution in [0.15, 0.2) is 97.5 Å². The average molecular weight is 969 g/mol. The molecule has 0 radical (unpaired) electrons. The van der Waals surface area contributed by atoms with Gasteiger partial charge >= 0.3 is 5.97 Å². The molecule has 2 heterocycles. The highest BCUT2D eigenvalue weighted by Crippen LogP contribution is 2.21. The van der Waals surface area contributed by atoms with Gasteiger partial charge in [0, 0.05) is 44.1 Å². The summed E-state index contributed by atoms with van der Waals surface area (Å²) in [5.74, 6) is -7.34. The summed E-state index contributed by atoms with van der Waals surface area (Å²) in [6.45, 7) is 2.04. The number of hydrogen-bond donors (Lipinski definition) is 12. The number of aromatic nitrogens is 2. The summed E-state index contributed by atoms with van der Waals surface area (Å²) in [4.78, 5) is 117. The number of nitrogens with zero attached hydrogens (tertiary/aromatic N) is 2. The minimum Gasteiger partial charge on any atom is -0.508 e. The van der Waals surface area contributed by atoms with E-state index in [-0.39, 0.29) is 44.4 Å². The molecule has 0 aliphatic carbocycles. The lowest BCUT2D eigenvalue weighted by atomic mass is 10.0. The lowest BCUT2D eigenvalue weighted by Gasteiger charge is -2.31. The maximum Gasteiger partial charge on any atom is 0.328 e. The van der Waals surface area contributed by atoms with Crippen LogP contribution in [0, 0.1) is 0 Å². The van der Waals surface area contributed by atoms with Crippen LogP contribution >= 0.6 is 0 Å². The van der Waals surface area contributed by atoms with E-state index in [1.165, 1.54) is 55.5 Å². The number of aromatic amines is 1. The monoisotopic (exact) mass is 968 g/mol. The number of nitrogens with two attached hydrogens (primary N) is 1. The third kappa shape index (κ3) is 15.4. The molecule has 0 spiro atoms. The third-order valence-corrected chi connectivity index (χ3v) is 11.6. The number of nitrogens with one attached hydrogen (secondary N) is 7. The summed E-state index contributed by atoms with van der Waals surface area (Å²) in [6, 6.07) is 13.2. The number of carbonyl (C=O) groups excluding carboxylic acids is 7. The summed E-state index contributed by atoms with van der Waals surface area (Å²) in [5.41, 5.74) is 7.74. The summed E-state index contributed by atoms with van der Waals surface area (Å²) < 4.78 is 0. The molecule has 13 N–H and O–H groups in total. The van der Waals surface area contributed by atoms with Crippen LogP contribution in [0.5, 0.6) is 5.75 Å². The first-order valence-electron chi connectivity index (χ1n) is 22.7. The smallest absolute Gasteiger partial charge is 0.328 e. The van der Waals surface area contributed by atoms with Gasteiger partial charge in [0.05, 0.1) is 25.1 Å². The number of hydrogen-bond acceptors (Lipinski definition) is 13. The zero-order chi connectivity index (χ0) is 50.9. The highest BCUT2D eigenvalue weighted by atomic mass is 16.4. The number of carboxylic acids is 1. The summed E-state index contributed by atoms with van der Waals surface area (Å²) in [6.07, 6.45) is -0.281. The van der Waals surface area contributed by atoms with E-state index in [9.17, 15) is 58.8 Å². The van der Waals surface area contributed by atoms with Gasteiger partial charge in [0.15, 0.2) is 6.04 Å². The van der Waals surface area contributed by atoms with E-state index >= 15 is 0 Å². The van der Waals surface area contributed by atoms with Gasteiger partial charge in [0.25, 0.3) is 0 Å². The predicted molar refractivity (Wildman–Crippen MR) is 251 cm³/mol. The van der Waals surface area contributed by atoms with Crippen molar-refractivity contribution in [3.05, 3.63) is 120 Å². The van der Waals surface area contributed by atoms with Crippen LogP contribution in [0.2, 0.25) is 0 Å². The maximum absolute atomic E-state index is 14.5. The number of aliphatic hydroxyl groups excluding tert-OH is 2. The zero-order valence-electron chi connectivity index (χ0n) is 38.6. The van der Waals surface area contributed by atoms with Crippen molar-refractivity contribution < 1.29 is 58.8 Å². The Morgan fingerprint density at radius 1 is 0.657 bits per heavy atom. The SMILES string of the molecule is CC(O)C(NC(=O)C1CCCN1C(=O)C(Cc1cnc[nH]1)NC(=O)C(NC(=O)C(Cc1ccc(O)cc1)NC(=O)C(Cc1ccccc1)NC(=O)C(Cc1ccccc1)NC(=O)CN)C(C)O)C(=O)O. The molecule has 0 bridgehead atoms. The van der Waals surface area contributed by atoms with Gasteiger partial charge in [-0.15, -0.1) is 0 Å². The molecule has 22 nitrogen and oxygen atoms in total. The van der Waals surface area contributed by atoms with E-state index in [2.05, 4.69) is 41.9 Å². The number of rotatable bonds is 24. The third-order valence-electron chi connectivity index (χ3n) is 11.6. The van der Waals surface area contributed by atoms with Crippen LogP contribution in [0.25, 0.3) is 0 Å². The molecule has 3 aromatic carbocycles. The molecule has 0 saturated carbocycles. The second-order valence-electron chi connectivity index (χ2n) is 17.0. The number of amides is 7. The molecule has 7 amide bonds. The largest absolute Gasteiger partial charge is 0.508 e. The molecule has 1 fully saturated rings. The van der Waals surface area contributed by atoms with E-state index < -0.39 is 108 Å². The molecule has 1 aliphatic rings. The molecule has 70 heavy (non-hydrogen) atoms. The molecule has 4 aromatic rings. The molecule has 22 heteroatoms. The Morgan fingerprint density at radius 3 is 1.64 bits per heavy atom. The van der Waals surface area contributed by atoms with Crippen LogP contribution in [-0.2, 0) is 64.0 Å². The van der Waals surface area contributed by atoms with Gasteiger partial charge in [-0.25, -0.2) is 9.78 Å². The Kier molecular flexibility index (Phi) is 19.5. The van der Waals surface area contributed by atoms with E-state index in [4.69, 9.17) is 5.73 Å². The van der Waals surface area contributed by atoms with Crippen molar-refractivity contribution in [2.75, 3.05) is 13.1 Å². The van der Waals surface area contributed by atoms with E-state index in [1.54, 1.807) is 60.7 Å². The number of aliphatic hydroxyl groups is 2. The first-order valence-corrected chi connectivity index (χ1v) is 22.7. The van der Waals surface area contributed by atoms with Crippen molar-refractivity contribution in [2.24, 2.45) is 5.73 Å². The maximum atomic E-state index is 14.5. The summed E-state index contributed by atoms with van der Waals surface area (Å²) >= 11 is 0. The Morgan fingerprint density at radius 2 is 1.16 bits per heavy atom. The fourth-order valence-corrected chi connectivity index (χ4v) is 7.87. The van der Waals surface area contributed by atoms with Crippen molar-refractivity contribution in [1.82, 2.24) is 46.8 Å². The highest BCUT2D eigenvalue weighted by molar-refractivity contribution is 5.98. The number of carboxylic acid groups (broad SMARTS) is 1. The van der Waals surface area contributed by atoms with Crippen molar-refractivity contribution in [2.45, 2.75) is 107 Å². The number of phenols is 1. The lowest BCUT2D eigenvalue weighted by molar-refractivity contribution is -0.147. The molecule has 1 saturated heterocycles. The Labute approximate surface area is 403 Å². The number of benzene rings is 3. The number of aromatic hydroxyl groups is 1. The van der Waals surface area contributed by atoms with Crippen LogP contribution in [0.4, 0.5) is 0 Å². The average Bonchev–Trinajstić information content (AvgIpc) is 4.05. The highest BCUT2D eigenvalue weighted by Gasteiger charge is 2.41. The molecule has 9 atom stereocenters. The van der Waals surface area contributed by atoms with Gasteiger partial charge in [-0.05, 0) is 55.5 Å². The number of aliphatic carboxylic acids is 1. The van der Waals surface area contributed by atoms with Crippen LogP contribution < -0.4 is 37.6 Å². The van der Waals surface area contributed by atoms with Gasteiger partial charge in [0.1, 0.15) is 42.0 Å². The van der Waals surface area contributed by atoms with E-state index in [0.29, 0.717) is 28.8 Å². The molecule has 1 aromatic heterocycles. The minimum atomic E-state index is -1.76. The van der Waals surface area contributed by atoms with Gasteiger partial charge < -0.3 is 67.9 Å². The standard InChI is InChI=1S/C48H60N10O12/c1-27(59)40(46(67)55-37(23-32-25-50-26-51-32)47(68)58-19-9-14-38(58)45(66)57-41(28(2)60)48(69)70)56-44(65)36(22-31-15-17-33(61)18-16-31)54-43(64)35(21-30-12-7-4-8-13-30)53-42(63)34(52-39(62)24-49)20-29-10-5-3-6-11-29/h3-8,10-13,15-18,25-28,34-38,40-41,59-61H,9,14,19-24,49H2,1-2H3,(H,50,51)(H,52,62)(H,53,63)(H,54,64)(H,55,67)(H,56,65)(H,57,66)(H,69,70). The fraction of sp³-hybridized carbons (Fsp3) is 0.396. The fourth-order valence-electron chi connectivity index (χ4n) is 7.87. The number of phenolic OH excluding ortho intramolecular Hbond substituents is 1. The lowest BCUT2D eigenvalue weighted by Crippen LogP contribution is -2.62. The van der Waals surface area contributed by atoms with Gasteiger partial charge in [-0.3, -0.25) is 33.6 Å². The molecule has 5 rings (SSSR count). The molecular weight excluding hydrogens is 909 g/mol. The Bertz CT molecular complexity index is 2410. The Hall–Kier alpha value is -7.69. The van der Waals surface area contributed by atoms with E-state index in [0.717, 1.165) is 0 Å². The summed E-state index contributed by atoms with van der Waals surface area (Å²) in [5, 5.41) is 55.9. The normalized spacial score (nSPS) is 16.7. The van der Waals surface area contributed by atoms with Gasteiger partial charge in [-0.2, -0.15) is 0 Å². The first kappa shape index (κ1) is 53.3. The van der Waals surface area contributed by atoms with Crippen molar-refractivity contribution >= 4 is 47.3 Å². The van der Waals surface area contributed by atoms with Crippen molar-refractivity contribution in [3.63, 3.8) is 0 Å². The quantitative estimate of drug-likeness (QED) is 0.0365. The van der Waals surface area contributed by atoms with E-state index in [1.807, 2.05) is 0 Å². The minimum absolute atomic E-state index is 0.0479. The topological polar surface area (TPSA) is 348 Å². The molecular formula is C48H60N10O12. The van der Waals surface area contributed by atoms with Crippen molar-refractivity contribution in [1.29, 1.82) is 0 Å². The van der Waals surface area contributed by atoms with Crippen LogP contribution in [-0.4, -0.2) is 150 Å². The van der Waals surface area contributed by atoms with Gasteiger partial charge in [0.2, 0.25) is 41.4 Å². The van der Waals surface area contributed by atoms with Gasteiger partial charge in [-0.1, -0.05) is 72.8 Å². The number of carbonyl (C=O) groups is 8. The number of H-pyrrole nitrogens is 1. The van der Waals surface area contributed by atoms with Crippen LogP contribution in [0.3, 0.4) is 0 Å².